The molecule has 0 saturated carbocycles. The van der Waals surface area contributed by atoms with Crippen LogP contribution in [-0.2, 0) is 20.8 Å². The van der Waals surface area contributed by atoms with Gasteiger partial charge in [-0.1, -0.05) is 30.3 Å². The van der Waals surface area contributed by atoms with Crippen LogP contribution in [0, 0.1) is 0 Å². The molecule has 138 valence electrons. The number of rotatable bonds is 11. The van der Waals surface area contributed by atoms with Gasteiger partial charge < -0.3 is 16.4 Å². The Morgan fingerprint density at radius 2 is 1.76 bits per heavy atom. The summed E-state index contributed by atoms with van der Waals surface area (Å²) in [4.78, 5) is 36.0. The van der Waals surface area contributed by atoms with Crippen molar-refractivity contribution in [2.45, 2.75) is 44.7 Å². The average Bonchev–Trinajstić information content (AvgIpc) is 2.60. The van der Waals surface area contributed by atoms with Gasteiger partial charge in [-0.3, -0.25) is 14.4 Å². The molecule has 0 saturated heterocycles. The number of nitrogens with one attached hydrogen (secondary N) is 2. The van der Waals surface area contributed by atoms with Crippen molar-refractivity contribution in [2.24, 2.45) is 5.73 Å². The molecule has 0 aliphatic carbocycles. The lowest BCUT2D eigenvalue weighted by Crippen LogP contribution is -2.52. The minimum atomic E-state index is -0.750. The molecule has 0 fully saturated rings. The minimum absolute atomic E-state index is 0.170. The Morgan fingerprint density at radius 3 is 2.32 bits per heavy atom. The molecule has 1 aromatic carbocycles. The number of hydrogen-bond acceptors (Lipinski definition) is 4. The van der Waals surface area contributed by atoms with E-state index in [9.17, 15) is 14.4 Å². The van der Waals surface area contributed by atoms with E-state index in [-0.39, 0.29) is 17.6 Å². The van der Waals surface area contributed by atoms with Gasteiger partial charge in [0.25, 0.3) is 0 Å². The fourth-order valence-corrected chi connectivity index (χ4v) is 2.66. The number of nitrogens with two attached hydrogens (primary N) is 1. The van der Waals surface area contributed by atoms with Gasteiger partial charge in [-0.2, -0.15) is 0 Å². The van der Waals surface area contributed by atoms with Gasteiger partial charge in [0.05, 0.1) is 11.9 Å². The first-order valence-electron chi connectivity index (χ1n) is 8.38. The summed E-state index contributed by atoms with van der Waals surface area (Å²) in [6.45, 7) is 1.88. The Balaban J connectivity index is 2.79. The summed E-state index contributed by atoms with van der Waals surface area (Å²) in [5.41, 5.74) is 6.38. The first-order chi connectivity index (χ1) is 12.0. The summed E-state index contributed by atoms with van der Waals surface area (Å²) >= 11 is 5.64. The number of benzene rings is 1. The zero-order valence-corrected chi connectivity index (χ0v) is 15.2. The van der Waals surface area contributed by atoms with Crippen molar-refractivity contribution >= 4 is 29.2 Å². The molecule has 0 aliphatic rings. The molecule has 2 atom stereocenters. The summed E-state index contributed by atoms with van der Waals surface area (Å²) in [6, 6.07) is 7.96. The van der Waals surface area contributed by atoms with Crippen molar-refractivity contribution in [1.82, 2.24) is 10.6 Å². The van der Waals surface area contributed by atoms with Gasteiger partial charge in [0.1, 0.15) is 6.04 Å². The van der Waals surface area contributed by atoms with E-state index in [1.165, 1.54) is 6.92 Å². The third-order valence-electron chi connectivity index (χ3n) is 3.76. The second-order valence-electron chi connectivity index (χ2n) is 5.89. The number of carbonyl (C=O) groups excluding carboxylic acids is 3. The number of alkyl halides is 1. The van der Waals surface area contributed by atoms with Crippen LogP contribution >= 0.6 is 11.6 Å². The van der Waals surface area contributed by atoms with Crippen LogP contribution in [0.3, 0.4) is 0 Å². The summed E-state index contributed by atoms with van der Waals surface area (Å²) in [5.74, 6) is -1.11. The highest BCUT2D eigenvalue weighted by Gasteiger charge is 2.25. The van der Waals surface area contributed by atoms with Gasteiger partial charge in [0.15, 0.2) is 5.78 Å². The van der Waals surface area contributed by atoms with Crippen LogP contribution in [0.2, 0.25) is 0 Å². The highest BCUT2D eigenvalue weighted by atomic mass is 35.5. The van der Waals surface area contributed by atoms with E-state index in [0.29, 0.717) is 25.8 Å². The number of hydrogen-bond donors (Lipinski definition) is 3. The molecule has 0 radical (unpaired) electrons. The van der Waals surface area contributed by atoms with Crippen molar-refractivity contribution in [2.75, 3.05) is 12.4 Å². The molecular formula is C18H26ClN3O3. The van der Waals surface area contributed by atoms with E-state index in [1.54, 1.807) is 0 Å². The number of halogens is 1. The van der Waals surface area contributed by atoms with E-state index in [0.717, 1.165) is 12.0 Å². The predicted molar refractivity (Wildman–Crippen MR) is 98.3 cm³/mol. The van der Waals surface area contributed by atoms with E-state index in [4.69, 9.17) is 17.3 Å². The van der Waals surface area contributed by atoms with E-state index in [2.05, 4.69) is 10.6 Å². The Hall–Kier alpha value is -1.92. The molecule has 2 amide bonds. The predicted octanol–water partition coefficient (Wildman–Crippen LogP) is 1.16. The highest BCUT2D eigenvalue weighted by Crippen LogP contribution is 2.07. The molecule has 4 N–H and O–H groups in total. The topological polar surface area (TPSA) is 101 Å². The van der Waals surface area contributed by atoms with E-state index < -0.39 is 18.0 Å². The molecular weight excluding hydrogens is 342 g/mol. The molecule has 25 heavy (non-hydrogen) atoms. The maximum absolute atomic E-state index is 12.6. The van der Waals surface area contributed by atoms with Crippen LogP contribution in [0.5, 0.6) is 0 Å². The van der Waals surface area contributed by atoms with Crippen LogP contribution in [0.4, 0.5) is 0 Å². The summed E-state index contributed by atoms with van der Waals surface area (Å²) < 4.78 is 0. The van der Waals surface area contributed by atoms with Gasteiger partial charge >= 0.3 is 0 Å². The fourth-order valence-electron chi connectivity index (χ4n) is 2.48. The van der Waals surface area contributed by atoms with Crippen molar-refractivity contribution < 1.29 is 14.4 Å². The largest absolute Gasteiger partial charge is 0.344 e. The standard InChI is InChI=1S/C18H26ClN3O3/c1-13(23)21-16(11-14-7-3-2-4-8-14)18(25)22-15(17(24)12-19)9-5-6-10-20/h2-4,7-8,15-16H,5-6,9-12,20H2,1H3,(H,21,23)(H,22,25)/t15-,16-/m0/s1. The maximum atomic E-state index is 12.6. The molecule has 0 aromatic heterocycles. The summed E-state index contributed by atoms with van der Waals surface area (Å²) in [6.07, 6.45) is 2.30. The second-order valence-corrected chi connectivity index (χ2v) is 6.16. The smallest absolute Gasteiger partial charge is 0.243 e. The average molecular weight is 368 g/mol. The first kappa shape index (κ1) is 21.1. The Kier molecular flexibility index (Phi) is 9.80. The Bertz CT molecular complexity index is 566. The number of Topliss-reactive ketones (excluding diaryl/α,β-unsaturated/α-hetero) is 1. The number of carbonyl (C=O) groups is 3. The third kappa shape index (κ3) is 8.14. The van der Waals surface area contributed by atoms with Gasteiger partial charge in [-0.25, -0.2) is 0 Å². The third-order valence-corrected chi connectivity index (χ3v) is 4.02. The maximum Gasteiger partial charge on any atom is 0.243 e. The van der Waals surface area contributed by atoms with Gasteiger partial charge in [0, 0.05) is 13.3 Å². The van der Waals surface area contributed by atoms with Gasteiger partial charge in [-0.05, 0) is 31.4 Å². The molecule has 0 bridgehead atoms. The van der Waals surface area contributed by atoms with E-state index >= 15 is 0 Å². The molecule has 1 aromatic rings. The van der Waals surface area contributed by atoms with Crippen molar-refractivity contribution in [3.8, 4) is 0 Å². The summed E-state index contributed by atoms with van der Waals surface area (Å²) in [7, 11) is 0. The lowest BCUT2D eigenvalue weighted by atomic mass is 10.0. The summed E-state index contributed by atoms with van der Waals surface area (Å²) in [5, 5.41) is 5.37. The number of amides is 2. The van der Waals surface area contributed by atoms with Gasteiger partial charge in [-0.15, -0.1) is 11.6 Å². The molecule has 7 heteroatoms. The molecule has 0 unspecified atom stereocenters. The van der Waals surface area contributed by atoms with Crippen LogP contribution < -0.4 is 16.4 Å². The fraction of sp³-hybridized carbons (Fsp3) is 0.500. The van der Waals surface area contributed by atoms with Crippen LogP contribution in [0.15, 0.2) is 30.3 Å². The molecule has 6 nitrogen and oxygen atoms in total. The Labute approximate surface area is 153 Å². The zero-order valence-electron chi connectivity index (χ0n) is 14.5. The van der Waals surface area contributed by atoms with Gasteiger partial charge in [0.2, 0.25) is 11.8 Å². The van der Waals surface area contributed by atoms with Crippen molar-refractivity contribution in [3.05, 3.63) is 35.9 Å². The highest BCUT2D eigenvalue weighted by molar-refractivity contribution is 6.28. The zero-order chi connectivity index (χ0) is 18.7. The molecule has 0 spiro atoms. The second kappa shape index (κ2) is 11.6. The first-order valence-corrected chi connectivity index (χ1v) is 8.91. The minimum Gasteiger partial charge on any atom is -0.344 e. The van der Waals surface area contributed by atoms with Crippen molar-refractivity contribution in [1.29, 1.82) is 0 Å². The van der Waals surface area contributed by atoms with Crippen LogP contribution in [-0.4, -0.2) is 42.1 Å². The van der Waals surface area contributed by atoms with Crippen LogP contribution in [0.1, 0.15) is 31.7 Å². The normalized spacial score (nSPS) is 12.9. The van der Waals surface area contributed by atoms with Crippen LogP contribution in [0.25, 0.3) is 0 Å². The van der Waals surface area contributed by atoms with E-state index in [1.807, 2.05) is 30.3 Å². The number of unbranched alkanes of at least 4 members (excludes halogenated alkanes) is 1. The number of ketones is 1. The molecule has 1 rings (SSSR count). The monoisotopic (exact) mass is 367 g/mol. The SMILES string of the molecule is CC(=O)N[C@@H](Cc1ccccc1)C(=O)N[C@@H](CCCCN)C(=O)CCl. The molecule has 0 aliphatic heterocycles. The lowest BCUT2D eigenvalue weighted by Gasteiger charge is -2.22. The Morgan fingerprint density at radius 1 is 1.08 bits per heavy atom. The quantitative estimate of drug-likeness (QED) is 0.403. The molecule has 0 heterocycles. The lowest BCUT2D eigenvalue weighted by molar-refractivity contribution is -0.130. The van der Waals surface area contributed by atoms with Crippen molar-refractivity contribution in [3.63, 3.8) is 0 Å².